The van der Waals surface area contributed by atoms with E-state index in [0.717, 1.165) is 16.7 Å². The third kappa shape index (κ3) is 7.24. The Morgan fingerprint density at radius 2 is 0.919 bits per heavy atom. The van der Waals surface area contributed by atoms with Crippen LogP contribution in [-0.4, -0.2) is 55.1 Å². The van der Waals surface area contributed by atoms with E-state index in [1.54, 1.807) is 50.2 Å². The van der Waals surface area contributed by atoms with Gasteiger partial charge in [0.25, 0.3) is 20.0 Å². The van der Waals surface area contributed by atoms with Crippen molar-refractivity contribution in [3.63, 3.8) is 0 Å². The normalized spacial score (nSPS) is 12.6. The first-order chi connectivity index (χ1) is 17.3. The lowest BCUT2D eigenvalue weighted by Crippen LogP contribution is -2.42. The Hall–Kier alpha value is -2.61. The third-order valence-corrected chi connectivity index (χ3v) is 11.4. The number of nitrogens with zero attached hydrogens (tertiary/aromatic N) is 1. The van der Waals surface area contributed by atoms with Crippen molar-refractivity contribution in [1.29, 1.82) is 0 Å². The lowest BCUT2D eigenvalue weighted by Gasteiger charge is -2.22. The van der Waals surface area contributed by atoms with E-state index in [1.165, 1.54) is 36.4 Å². The zero-order chi connectivity index (χ0) is 27.3. The molecule has 3 aromatic rings. The van der Waals surface area contributed by atoms with Gasteiger partial charge in [-0.1, -0.05) is 56.8 Å². The first kappa shape index (κ1) is 29.0. The van der Waals surface area contributed by atoms with Crippen LogP contribution < -0.4 is 10.0 Å². The fraction of sp³-hybridized carbons (Fsp3) is 0.280. The summed E-state index contributed by atoms with van der Waals surface area (Å²) < 4.78 is 81.3. The average Bonchev–Trinajstić information content (AvgIpc) is 2.84. The standard InChI is InChI=1S/C25H31N3O6S3/c1-20-4-10-23(11-5-20)35(29,30)27-17-16-26-18-19-28(36(31,32)24-12-6-21(2)7-13-24)37(33,34)25-14-8-22(3)9-15-25/h4-15,26-27H,16-19H2,1-3H3. The number of sulfonamides is 3. The van der Waals surface area contributed by atoms with Gasteiger partial charge in [0, 0.05) is 26.2 Å². The summed E-state index contributed by atoms with van der Waals surface area (Å²) in [7, 11) is -12.5. The Kier molecular flexibility index (Phi) is 9.27. The fourth-order valence-corrected chi connectivity index (χ4v) is 8.07. The zero-order valence-corrected chi connectivity index (χ0v) is 23.3. The number of aryl methyl sites for hydroxylation is 3. The molecule has 0 fully saturated rings. The van der Waals surface area contributed by atoms with Gasteiger partial charge in [0.05, 0.1) is 14.7 Å². The van der Waals surface area contributed by atoms with Crippen molar-refractivity contribution < 1.29 is 25.3 Å². The average molecular weight is 566 g/mol. The maximum absolute atomic E-state index is 13.4. The minimum absolute atomic E-state index is 0.0254. The van der Waals surface area contributed by atoms with Crippen LogP contribution in [0.3, 0.4) is 0 Å². The van der Waals surface area contributed by atoms with Gasteiger partial charge >= 0.3 is 0 Å². The van der Waals surface area contributed by atoms with Gasteiger partial charge in [-0.3, -0.25) is 0 Å². The summed E-state index contributed by atoms with van der Waals surface area (Å²) in [5, 5.41) is 2.92. The molecule has 0 saturated heterocycles. The van der Waals surface area contributed by atoms with Crippen LogP contribution in [0.1, 0.15) is 16.7 Å². The second kappa shape index (κ2) is 11.8. The van der Waals surface area contributed by atoms with Crippen LogP contribution in [0.2, 0.25) is 0 Å². The molecule has 0 aromatic heterocycles. The zero-order valence-electron chi connectivity index (χ0n) is 20.9. The molecule has 9 nitrogen and oxygen atoms in total. The molecule has 0 amide bonds. The molecule has 0 bridgehead atoms. The topological polar surface area (TPSA) is 130 Å². The molecule has 0 aliphatic heterocycles. The van der Waals surface area contributed by atoms with Crippen molar-refractivity contribution in [1.82, 2.24) is 13.7 Å². The lowest BCUT2D eigenvalue weighted by molar-refractivity contribution is 0.487. The minimum atomic E-state index is -4.40. The monoisotopic (exact) mass is 565 g/mol. The van der Waals surface area contributed by atoms with Gasteiger partial charge in [0.2, 0.25) is 10.0 Å². The van der Waals surface area contributed by atoms with Crippen LogP contribution in [0.5, 0.6) is 0 Å². The van der Waals surface area contributed by atoms with Gasteiger partial charge in [-0.05, 0) is 57.2 Å². The second-order valence-electron chi connectivity index (χ2n) is 8.59. The number of benzene rings is 3. The number of hydrogen-bond acceptors (Lipinski definition) is 7. The van der Waals surface area contributed by atoms with E-state index in [-0.39, 0.29) is 40.9 Å². The lowest BCUT2D eigenvalue weighted by atomic mass is 10.2. The van der Waals surface area contributed by atoms with Crippen molar-refractivity contribution >= 4 is 30.1 Å². The summed E-state index contributed by atoms with van der Waals surface area (Å²) in [5.41, 5.74) is 2.61. The van der Waals surface area contributed by atoms with Gasteiger partial charge < -0.3 is 5.32 Å². The SMILES string of the molecule is Cc1ccc(S(=O)(=O)NCCNCCN(S(=O)(=O)c2ccc(C)cc2)S(=O)(=O)c2ccc(C)cc2)cc1. The van der Waals surface area contributed by atoms with Crippen LogP contribution in [-0.2, 0) is 30.1 Å². The Morgan fingerprint density at radius 3 is 1.32 bits per heavy atom. The third-order valence-electron chi connectivity index (χ3n) is 5.57. The Bertz CT molecular complexity index is 1440. The van der Waals surface area contributed by atoms with Crippen LogP contribution in [0.15, 0.2) is 87.5 Å². The smallest absolute Gasteiger partial charge is 0.256 e. The number of nitrogens with one attached hydrogen (secondary N) is 2. The van der Waals surface area contributed by atoms with Crippen LogP contribution in [0.4, 0.5) is 0 Å². The molecule has 37 heavy (non-hydrogen) atoms. The molecule has 0 aliphatic carbocycles. The van der Waals surface area contributed by atoms with E-state index in [2.05, 4.69) is 10.0 Å². The minimum Gasteiger partial charge on any atom is -0.314 e. The molecule has 0 atom stereocenters. The first-order valence-corrected chi connectivity index (χ1v) is 15.9. The van der Waals surface area contributed by atoms with E-state index in [0.29, 0.717) is 3.71 Å². The summed E-state index contributed by atoms with van der Waals surface area (Å²) in [5.74, 6) is 0. The number of hydrogen-bond donors (Lipinski definition) is 2. The Labute approximate surface area is 219 Å². The quantitative estimate of drug-likeness (QED) is 0.323. The Morgan fingerprint density at radius 1 is 0.541 bits per heavy atom. The van der Waals surface area contributed by atoms with Crippen molar-refractivity contribution in [2.24, 2.45) is 0 Å². The molecule has 0 radical (unpaired) electrons. The van der Waals surface area contributed by atoms with Crippen LogP contribution in [0, 0.1) is 20.8 Å². The highest BCUT2D eigenvalue weighted by Gasteiger charge is 2.36. The van der Waals surface area contributed by atoms with Gasteiger partial charge in [-0.15, -0.1) is 0 Å². The molecule has 12 heteroatoms. The van der Waals surface area contributed by atoms with Crippen LogP contribution in [0.25, 0.3) is 0 Å². The first-order valence-electron chi connectivity index (χ1n) is 11.5. The molecule has 0 unspecified atom stereocenters. The molecule has 3 rings (SSSR count). The van der Waals surface area contributed by atoms with E-state index >= 15 is 0 Å². The van der Waals surface area contributed by atoms with Crippen molar-refractivity contribution in [3.05, 3.63) is 89.5 Å². The molecule has 0 aliphatic rings. The van der Waals surface area contributed by atoms with Crippen molar-refractivity contribution in [3.8, 4) is 0 Å². The molecule has 0 heterocycles. The molecule has 200 valence electrons. The van der Waals surface area contributed by atoms with Gasteiger partial charge in [0.15, 0.2) is 0 Å². The maximum atomic E-state index is 13.4. The number of rotatable bonds is 12. The van der Waals surface area contributed by atoms with Crippen LogP contribution >= 0.6 is 0 Å². The highest BCUT2D eigenvalue weighted by Crippen LogP contribution is 2.24. The summed E-state index contributed by atoms with van der Waals surface area (Å²) >= 11 is 0. The van der Waals surface area contributed by atoms with Crippen molar-refractivity contribution in [2.75, 3.05) is 26.2 Å². The summed E-state index contributed by atoms with van der Waals surface area (Å²) in [6.45, 7) is 5.25. The van der Waals surface area contributed by atoms with E-state index in [1.807, 2.05) is 6.92 Å². The Balaban J connectivity index is 1.71. The van der Waals surface area contributed by atoms with Crippen molar-refractivity contribution in [2.45, 2.75) is 35.5 Å². The molecule has 2 N–H and O–H groups in total. The maximum Gasteiger partial charge on any atom is 0.256 e. The van der Waals surface area contributed by atoms with Gasteiger partial charge in [-0.25, -0.2) is 30.0 Å². The molecule has 3 aromatic carbocycles. The second-order valence-corrected chi connectivity index (χ2v) is 14.3. The molecule has 0 saturated carbocycles. The highest BCUT2D eigenvalue weighted by atomic mass is 32.3. The van der Waals surface area contributed by atoms with E-state index in [9.17, 15) is 25.3 Å². The van der Waals surface area contributed by atoms with Gasteiger partial charge in [-0.2, -0.15) is 0 Å². The highest BCUT2D eigenvalue weighted by molar-refractivity contribution is 8.04. The van der Waals surface area contributed by atoms with E-state index in [4.69, 9.17) is 0 Å². The molecule has 0 spiro atoms. The predicted octanol–water partition coefficient (Wildman–Crippen LogP) is 2.56. The molecular formula is C25H31N3O6S3. The van der Waals surface area contributed by atoms with Gasteiger partial charge in [0.1, 0.15) is 0 Å². The van der Waals surface area contributed by atoms with E-state index < -0.39 is 30.1 Å². The molecular weight excluding hydrogens is 534 g/mol. The summed E-state index contributed by atoms with van der Waals surface area (Å²) in [4.78, 5) is -0.142. The fourth-order valence-electron chi connectivity index (χ4n) is 3.40. The summed E-state index contributed by atoms with van der Waals surface area (Å²) in [6.07, 6.45) is 0. The predicted molar refractivity (Wildman–Crippen MR) is 143 cm³/mol. The largest absolute Gasteiger partial charge is 0.314 e. The summed E-state index contributed by atoms with van der Waals surface area (Å²) in [6, 6.07) is 18.3.